The highest BCUT2D eigenvalue weighted by Gasteiger charge is 2.27. The van der Waals surface area contributed by atoms with E-state index < -0.39 is 18.5 Å². The number of carbonyl (C=O) groups excluding carboxylic acids is 2. The van der Waals surface area contributed by atoms with Gasteiger partial charge in [-0.3, -0.25) is 4.79 Å². The van der Waals surface area contributed by atoms with E-state index >= 15 is 0 Å². The minimum atomic E-state index is -0.822. The summed E-state index contributed by atoms with van der Waals surface area (Å²) in [4.78, 5) is 24.4. The fraction of sp³-hybridized carbons (Fsp3) is 0.348. The first-order chi connectivity index (χ1) is 15.0. The van der Waals surface area contributed by atoms with E-state index in [0.29, 0.717) is 17.5 Å². The van der Waals surface area contributed by atoms with Gasteiger partial charge in [0, 0.05) is 24.0 Å². The summed E-state index contributed by atoms with van der Waals surface area (Å²) in [6.45, 7) is 3.95. The predicted octanol–water partition coefficient (Wildman–Crippen LogP) is 2.94. The molecule has 1 aromatic carbocycles. The van der Waals surface area contributed by atoms with Crippen LogP contribution in [0.4, 0.5) is 0 Å². The predicted molar refractivity (Wildman–Crippen MR) is 111 cm³/mol. The number of nitriles is 1. The molecule has 2 heterocycles. The van der Waals surface area contributed by atoms with Gasteiger partial charge >= 0.3 is 5.97 Å². The lowest BCUT2D eigenvalue weighted by Crippen LogP contribution is -2.28. The van der Waals surface area contributed by atoms with Crippen molar-refractivity contribution in [3.05, 3.63) is 52.4 Å². The summed E-state index contributed by atoms with van der Waals surface area (Å²) in [7, 11) is 0. The van der Waals surface area contributed by atoms with Crippen LogP contribution in [0, 0.1) is 25.2 Å². The van der Waals surface area contributed by atoms with Crippen molar-refractivity contribution >= 4 is 18.0 Å². The molecule has 2 aliphatic rings. The van der Waals surface area contributed by atoms with Crippen LogP contribution in [0.25, 0.3) is 6.08 Å². The first kappa shape index (κ1) is 20.5. The standard InChI is InChI=1S/C23H23N3O5/c1-14-7-17(15(2)26(14)19-4-5-19)9-18(10-24)23(28)29-12-22(27)25-11-16-3-6-20-21(8-16)31-13-30-20/h3,6-9,19H,4-5,11-13H2,1-2H3,(H,25,27)/b18-9+. The second-order valence-electron chi connectivity index (χ2n) is 7.64. The van der Waals surface area contributed by atoms with E-state index in [9.17, 15) is 14.9 Å². The minimum absolute atomic E-state index is 0.139. The number of hydrogen-bond acceptors (Lipinski definition) is 6. The molecule has 1 N–H and O–H groups in total. The van der Waals surface area contributed by atoms with Crippen LogP contribution >= 0.6 is 0 Å². The molecule has 4 rings (SSSR count). The SMILES string of the molecule is Cc1cc(/C=C(\C#N)C(=O)OCC(=O)NCc2ccc3c(c2)OCO3)c(C)n1C1CC1. The van der Waals surface area contributed by atoms with Gasteiger partial charge in [-0.2, -0.15) is 5.26 Å². The smallest absolute Gasteiger partial charge is 0.349 e. The van der Waals surface area contributed by atoms with Crippen molar-refractivity contribution in [3.8, 4) is 17.6 Å². The number of esters is 1. The molecule has 1 saturated carbocycles. The van der Waals surface area contributed by atoms with Crippen molar-refractivity contribution in [1.29, 1.82) is 5.26 Å². The van der Waals surface area contributed by atoms with Gasteiger partial charge in [-0.05, 0) is 62.1 Å². The number of carbonyl (C=O) groups is 2. The van der Waals surface area contributed by atoms with Crippen LogP contribution in [-0.4, -0.2) is 29.8 Å². The molecule has 1 aliphatic heterocycles. The summed E-state index contributed by atoms with van der Waals surface area (Å²) in [5.74, 6) is 0.00734. The fourth-order valence-electron chi connectivity index (χ4n) is 3.65. The maximum atomic E-state index is 12.3. The van der Waals surface area contributed by atoms with Gasteiger partial charge in [0.2, 0.25) is 6.79 Å². The Hall–Kier alpha value is -3.73. The Kier molecular flexibility index (Phi) is 5.67. The third-order valence-corrected chi connectivity index (χ3v) is 5.34. The zero-order chi connectivity index (χ0) is 22.0. The van der Waals surface area contributed by atoms with Crippen LogP contribution in [0.1, 0.15) is 41.4 Å². The van der Waals surface area contributed by atoms with Crippen LogP contribution < -0.4 is 14.8 Å². The number of benzene rings is 1. The van der Waals surface area contributed by atoms with Gasteiger partial charge in [-0.15, -0.1) is 0 Å². The van der Waals surface area contributed by atoms with Crippen LogP contribution in [0.3, 0.4) is 0 Å². The number of rotatable bonds is 7. The Bertz CT molecular complexity index is 1110. The van der Waals surface area contributed by atoms with Crippen LogP contribution in [0.15, 0.2) is 29.8 Å². The maximum absolute atomic E-state index is 12.3. The number of aromatic nitrogens is 1. The molecule has 1 amide bonds. The van der Waals surface area contributed by atoms with E-state index in [0.717, 1.165) is 35.4 Å². The summed E-state index contributed by atoms with van der Waals surface area (Å²) in [6, 6.07) is 9.71. The van der Waals surface area contributed by atoms with Crippen molar-refractivity contribution in [1.82, 2.24) is 9.88 Å². The second kappa shape index (κ2) is 8.56. The molecule has 0 atom stereocenters. The summed E-state index contributed by atoms with van der Waals surface area (Å²) >= 11 is 0. The van der Waals surface area contributed by atoms with E-state index in [2.05, 4.69) is 9.88 Å². The third kappa shape index (κ3) is 4.56. The topological polar surface area (TPSA) is 103 Å². The minimum Gasteiger partial charge on any atom is -0.454 e. The quantitative estimate of drug-likeness (QED) is 0.419. The van der Waals surface area contributed by atoms with Gasteiger partial charge in [0.25, 0.3) is 5.91 Å². The van der Waals surface area contributed by atoms with E-state index in [4.69, 9.17) is 14.2 Å². The summed E-state index contributed by atoms with van der Waals surface area (Å²) < 4.78 is 17.8. The molecule has 1 fully saturated rings. The second-order valence-corrected chi connectivity index (χ2v) is 7.64. The number of hydrogen-bond donors (Lipinski definition) is 1. The molecule has 160 valence electrons. The number of nitrogens with zero attached hydrogens (tertiary/aromatic N) is 2. The Balaban J connectivity index is 1.32. The lowest BCUT2D eigenvalue weighted by molar-refractivity contribution is -0.144. The van der Waals surface area contributed by atoms with Crippen LogP contribution in [-0.2, 0) is 20.9 Å². The molecule has 1 aliphatic carbocycles. The van der Waals surface area contributed by atoms with Crippen molar-refractivity contribution in [2.75, 3.05) is 13.4 Å². The Morgan fingerprint density at radius 2 is 2.03 bits per heavy atom. The average molecular weight is 421 g/mol. The van der Waals surface area contributed by atoms with E-state index in [1.165, 1.54) is 6.08 Å². The lowest BCUT2D eigenvalue weighted by atomic mass is 10.1. The van der Waals surface area contributed by atoms with Crippen molar-refractivity contribution in [3.63, 3.8) is 0 Å². The van der Waals surface area contributed by atoms with Gasteiger partial charge in [-0.1, -0.05) is 6.07 Å². The molecular formula is C23H23N3O5. The van der Waals surface area contributed by atoms with Gasteiger partial charge in [-0.25, -0.2) is 4.79 Å². The van der Waals surface area contributed by atoms with Gasteiger partial charge in [0.1, 0.15) is 11.6 Å². The third-order valence-electron chi connectivity index (χ3n) is 5.34. The van der Waals surface area contributed by atoms with E-state index in [1.54, 1.807) is 12.1 Å². The zero-order valence-corrected chi connectivity index (χ0v) is 17.4. The summed E-state index contributed by atoms with van der Waals surface area (Å²) in [6.07, 6.45) is 3.82. The molecule has 2 aromatic rings. The molecule has 0 unspecified atom stereocenters. The number of aryl methyl sites for hydroxylation is 1. The zero-order valence-electron chi connectivity index (χ0n) is 17.4. The maximum Gasteiger partial charge on any atom is 0.349 e. The first-order valence-corrected chi connectivity index (χ1v) is 10.1. The largest absolute Gasteiger partial charge is 0.454 e. The number of amides is 1. The average Bonchev–Trinajstić information content (AvgIpc) is 3.40. The van der Waals surface area contributed by atoms with Gasteiger partial charge < -0.3 is 24.1 Å². The van der Waals surface area contributed by atoms with E-state index in [-0.39, 0.29) is 18.9 Å². The highest BCUT2D eigenvalue weighted by atomic mass is 16.7. The molecule has 0 bridgehead atoms. The first-order valence-electron chi connectivity index (χ1n) is 10.1. The lowest BCUT2D eigenvalue weighted by Gasteiger charge is -2.08. The highest BCUT2D eigenvalue weighted by molar-refractivity contribution is 5.99. The molecule has 0 spiro atoms. The molecule has 8 nitrogen and oxygen atoms in total. The van der Waals surface area contributed by atoms with Gasteiger partial charge in [0.15, 0.2) is 18.1 Å². The Morgan fingerprint density at radius 1 is 1.26 bits per heavy atom. The highest BCUT2D eigenvalue weighted by Crippen LogP contribution is 2.38. The molecule has 8 heteroatoms. The fourth-order valence-corrected chi connectivity index (χ4v) is 3.65. The summed E-state index contributed by atoms with van der Waals surface area (Å²) in [5.41, 5.74) is 3.61. The monoisotopic (exact) mass is 421 g/mol. The molecule has 0 saturated heterocycles. The van der Waals surface area contributed by atoms with Crippen molar-refractivity contribution < 1.29 is 23.8 Å². The van der Waals surface area contributed by atoms with Gasteiger partial charge in [0.05, 0.1) is 0 Å². The Labute approximate surface area is 180 Å². The summed E-state index contributed by atoms with van der Waals surface area (Å²) in [5, 5.41) is 12.1. The molecule has 1 aromatic heterocycles. The normalized spacial score (nSPS) is 14.8. The molecule has 31 heavy (non-hydrogen) atoms. The van der Waals surface area contributed by atoms with Crippen molar-refractivity contribution in [2.45, 2.75) is 39.3 Å². The molecular weight excluding hydrogens is 398 g/mol. The van der Waals surface area contributed by atoms with Crippen LogP contribution in [0.2, 0.25) is 0 Å². The number of ether oxygens (including phenoxy) is 3. The van der Waals surface area contributed by atoms with E-state index in [1.807, 2.05) is 32.0 Å². The van der Waals surface area contributed by atoms with Crippen molar-refractivity contribution in [2.24, 2.45) is 0 Å². The number of nitrogens with one attached hydrogen (secondary N) is 1. The molecule has 0 radical (unpaired) electrons. The van der Waals surface area contributed by atoms with Crippen LogP contribution in [0.5, 0.6) is 11.5 Å². The Morgan fingerprint density at radius 3 is 2.77 bits per heavy atom. The number of fused-ring (bicyclic) bond motifs is 1.